The van der Waals surface area contributed by atoms with Crippen LogP contribution in [0.1, 0.15) is 5.56 Å². The zero-order chi connectivity index (χ0) is 17.2. The van der Waals surface area contributed by atoms with E-state index in [0.29, 0.717) is 19.3 Å². The van der Waals surface area contributed by atoms with E-state index in [4.69, 9.17) is 27.3 Å². The molecule has 7 nitrogen and oxygen atoms in total. The highest BCUT2D eigenvalue weighted by atomic mass is 127. The Morgan fingerprint density at radius 1 is 1.52 bits per heavy atom. The smallest absolute Gasteiger partial charge is 0.545 e. The highest BCUT2D eigenvalue weighted by molar-refractivity contribution is 14.1. The largest absolute Gasteiger partial charge is 0.568 e. The fourth-order valence-corrected chi connectivity index (χ4v) is 1.82. The third-order valence-corrected chi connectivity index (χ3v) is 3.41. The van der Waals surface area contributed by atoms with E-state index in [1.165, 1.54) is 12.1 Å². The Hall–Kier alpha value is -2.50. The van der Waals surface area contributed by atoms with Crippen LogP contribution in [-0.4, -0.2) is 24.8 Å². The molecule has 0 aliphatic carbocycles. The molecule has 1 aromatic heterocycles. The summed E-state index contributed by atoms with van der Waals surface area (Å²) in [5.74, 6) is 0.682. The number of ether oxygens (including phenoxy) is 1. The van der Waals surface area contributed by atoms with E-state index in [1.54, 1.807) is 25.4 Å². The number of para-hydroxylation sites is 1. The number of hydrogen-bond donors (Lipinski definition) is 2. The molecule has 0 fully saturated rings. The summed E-state index contributed by atoms with van der Waals surface area (Å²) in [7, 11) is 2.03. The zero-order valence-corrected chi connectivity index (χ0v) is 14.2. The van der Waals surface area contributed by atoms with E-state index < -0.39 is 0 Å². The molecule has 0 spiro atoms. The predicted octanol–water partition coefficient (Wildman–Crippen LogP) is 2.29. The van der Waals surface area contributed by atoms with Gasteiger partial charge in [0.15, 0.2) is 0 Å². The van der Waals surface area contributed by atoms with Crippen LogP contribution in [0.25, 0.3) is 4.85 Å². The Bertz CT molecular complexity index is 726. The number of anilines is 1. The minimum atomic E-state index is 0.0856. The van der Waals surface area contributed by atoms with Gasteiger partial charge in [-0.2, -0.15) is 5.26 Å². The Morgan fingerprint density at radius 2 is 2.26 bits per heavy atom. The number of aromatic nitrogens is 1. The maximum absolute atomic E-state index is 8.64. The zero-order valence-electron chi connectivity index (χ0n) is 12.0. The van der Waals surface area contributed by atoms with Crippen molar-refractivity contribution in [3.8, 4) is 17.7 Å². The summed E-state index contributed by atoms with van der Waals surface area (Å²) in [6.07, 6.45) is 1.58. The molecule has 1 heterocycles. The van der Waals surface area contributed by atoms with Crippen LogP contribution in [0.2, 0.25) is 0 Å². The van der Waals surface area contributed by atoms with Crippen LogP contribution in [-0.2, 0) is 0 Å². The second-order valence-corrected chi connectivity index (χ2v) is 5.01. The molecule has 0 amide bonds. The van der Waals surface area contributed by atoms with Crippen molar-refractivity contribution < 1.29 is 14.4 Å². The van der Waals surface area contributed by atoms with E-state index >= 15 is 0 Å². The summed E-state index contributed by atoms with van der Waals surface area (Å²) in [4.78, 5) is 7.05. The van der Waals surface area contributed by atoms with Crippen LogP contribution in [0.4, 0.5) is 11.4 Å². The topological polar surface area (TPSA) is 106 Å². The number of nitrogens with zero attached hydrogens (tertiary/aromatic N) is 3. The second-order valence-electron chi connectivity index (χ2n) is 3.85. The molecule has 0 aliphatic heterocycles. The molecule has 1 aromatic carbocycles. The molecular weight excluding hydrogens is 410 g/mol. The highest BCUT2D eigenvalue weighted by Gasteiger charge is 2.08. The molecule has 0 unspecified atom stereocenters. The van der Waals surface area contributed by atoms with Crippen molar-refractivity contribution >= 4 is 41.7 Å². The van der Waals surface area contributed by atoms with E-state index in [0.717, 1.165) is 3.57 Å². The van der Waals surface area contributed by atoms with Crippen molar-refractivity contribution in [3.63, 3.8) is 0 Å². The SMILES string of the molecule is COc1cc(I)c(N)cn1.[C-]#[N+]c1cccc(C#N)c1O[B]O. The second kappa shape index (κ2) is 9.51. The Kier molecular flexibility index (Phi) is 7.67. The maximum Gasteiger partial charge on any atom is 0.568 e. The molecule has 23 heavy (non-hydrogen) atoms. The van der Waals surface area contributed by atoms with Crippen molar-refractivity contribution in [1.29, 1.82) is 5.26 Å². The van der Waals surface area contributed by atoms with Crippen molar-refractivity contribution in [2.75, 3.05) is 12.8 Å². The van der Waals surface area contributed by atoms with Gasteiger partial charge in [-0.05, 0) is 28.7 Å². The van der Waals surface area contributed by atoms with Gasteiger partial charge < -0.3 is 20.1 Å². The lowest BCUT2D eigenvalue weighted by atomic mass is 10.2. The Labute approximate surface area is 147 Å². The summed E-state index contributed by atoms with van der Waals surface area (Å²) in [6, 6.07) is 8.24. The molecule has 0 saturated heterocycles. The summed E-state index contributed by atoms with van der Waals surface area (Å²) < 4.78 is 10.5. The van der Waals surface area contributed by atoms with Crippen LogP contribution in [0.5, 0.6) is 11.6 Å². The minimum Gasteiger partial charge on any atom is -0.545 e. The van der Waals surface area contributed by atoms with Gasteiger partial charge in [-0.25, -0.2) is 9.83 Å². The van der Waals surface area contributed by atoms with Crippen molar-refractivity contribution in [3.05, 3.63) is 51.0 Å². The first-order chi connectivity index (χ1) is 11.1. The standard InChI is InChI=1S/C8H4BN2O2.C6H7IN2O/c1-11-7-4-2-3-6(5-10)8(7)13-9-12;1-10-6-2-4(7)5(8)3-9-6/h2-4,12H;2-3H,8H2,1H3. The van der Waals surface area contributed by atoms with E-state index in [2.05, 4.69) is 37.1 Å². The number of nitriles is 1. The number of rotatable bonds is 3. The maximum atomic E-state index is 8.64. The average Bonchev–Trinajstić information content (AvgIpc) is 2.58. The molecule has 0 aliphatic rings. The molecule has 2 rings (SSSR count). The quantitative estimate of drug-likeness (QED) is 0.448. The number of hydrogen-bond acceptors (Lipinski definition) is 6. The fourth-order valence-electron chi connectivity index (χ4n) is 1.41. The minimum absolute atomic E-state index is 0.0856. The Balaban J connectivity index is 0.000000238. The molecule has 9 heteroatoms. The normalized spacial score (nSPS) is 8.74. The van der Waals surface area contributed by atoms with Crippen LogP contribution in [0, 0.1) is 21.5 Å². The lowest BCUT2D eigenvalue weighted by molar-refractivity contribution is 0.397. The number of benzene rings is 1. The monoisotopic (exact) mass is 421 g/mol. The molecular formula is C14H11BIN4O3. The summed E-state index contributed by atoms with van der Waals surface area (Å²) in [6.45, 7) is 6.77. The molecule has 2 aromatic rings. The van der Waals surface area contributed by atoms with E-state index in [-0.39, 0.29) is 17.0 Å². The number of methoxy groups -OCH3 is 1. The first-order valence-electron chi connectivity index (χ1n) is 6.05. The van der Waals surface area contributed by atoms with Gasteiger partial charge in [0.25, 0.3) is 0 Å². The van der Waals surface area contributed by atoms with Gasteiger partial charge in [0.05, 0.1) is 31.1 Å². The van der Waals surface area contributed by atoms with Gasteiger partial charge in [-0.15, -0.1) is 0 Å². The number of halogens is 1. The Morgan fingerprint density at radius 3 is 2.78 bits per heavy atom. The lowest BCUT2D eigenvalue weighted by Gasteiger charge is -2.04. The first-order valence-corrected chi connectivity index (χ1v) is 7.13. The molecule has 0 bridgehead atoms. The van der Waals surface area contributed by atoms with Gasteiger partial charge >= 0.3 is 7.69 Å². The lowest BCUT2D eigenvalue weighted by Crippen LogP contribution is -2.01. The van der Waals surface area contributed by atoms with Crippen LogP contribution < -0.4 is 15.1 Å². The molecule has 3 N–H and O–H groups in total. The first kappa shape index (κ1) is 18.6. The number of pyridine rings is 1. The van der Waals surface area contributed by atoms with Crippen LogP contribution in [0.15, 0.2) is 30.5 Å². The fraction of sp³-hybridized carbons (Fsp3) is 0.0714. The van der Waals surface area contributed by atoms with E-state index in [9.17, 15) is 0 Å². The van der Waals surface area contributed by atoms with Gasteiger partial charge in [0, 0.05) is 9.64 Å². The summed E-state index contributed by atoms with van der Waals surface area (Å²) in [5, 5.41) is 17.0. The average molecular weight is 421 g/mol. The van der Waals surface area contributed by atoms with Gasteiger partial charge in [-0.1, -0.05) is 12.1 Å². The molecule has 0 saturated carbocycles. The third-order valence-electron chi connectivity index (χ3n) is 2.47. The van der Waals surface area contributed by atoms with Gasteiger partial charge in [-0.3, -0.25) is 0 Å². The highest BCUT2D eigenvalue weighted by Crippen LogP contribution is 2.30. The summed E-state index contributed by atoms with van der Waals surface area (Å²) in [5.41, 5.74) is 6.62. The third kappa shape index (κ3) is 5.32. The molecule has 1 radical (unpaired) electrons. The van der Waals surface area contributed by atoms with Crippen molar-refractivity contribution in [1.82, 2.24) is 4.98 Å². The van der Waals surface area contributed by atoms with Crippen LogP contribution in [0.3, 0.4) is 0 Å². The predicted molar refractivity (Wildman–Crippen MR) is 93.9 cm³/mol. The summed E-state index contributed by atoms with van der Waals surface area (Å²) >= 11 is 2.13. The van der Waals surface area contributed by atoms with Crippen LogP contribution >= 0.6 is 22.6 Å². The van der Waals surface area contributed by atoms with E-state index in [1.807, 2.05) is 6.07 Å². The molecule has 115 valence electrons. The van der Waals surface area contributed by atoms with Gasteiger partial charge in [0.1, 0.15) is 11.8 Å². The van der Waals surface area contributed by atoms with Crippen molar-refractivity contribution in [2.45, 2.75) is 0 Å². The van der Waals surface area contributed by atoms with Gasteiger partial charge in [0.2, 0.25) is 11.6 Å². The van der Waals surface area contributed by atoms with Crippen molar-refractivity contribution in [2.24, 2.45) is 0 Å². The number of nitrogen functional groups attached to an aromatic ring is 1. The number of nitrogens with two attached hydrogens (primary N) is 1. The molecule has 0 atom stereocenters.